The molecule has 4 aromatic heterocycles. The Morgan fingerprint density at radius 2 is 2.07 bits per heavy atom. The van der Waals surface area contributed by atoms with E-state index >= 15 is 0 Å². The molecule has 0 aromatic carbocycles. The van der Waals surface area contributed by atoms with Gasteiger partial charge in [-0.3, -0.25) is 5.10 Å². The number of pyridine rings is 1. The molecule has 3 unspecified atom stereocenters. The van der Waals surface area contributed by atoms with Crippen molar-refractivity contribution in [2.45, 2.75) is 31.5 Å². The van der Waals surface area contributed by atoms with E-state index in [0.29, 0.717) is 24.0 Å². The molecule has 1 aliphatic carbocycles. The summed E-state index contributed by atoms with van der Waals surface area (Å²) in [6.45, 7) is 2.01. The fourth-order valence-electron chi connectivity index (χ4n) is 3.16. The highest BCUT2D eigenvalue weighted by Gasteiger charge is 2.40. The van der Waals surface area contributed by atoms with Gasteiger partial charge in [0, 0.05) is 30.1 Å². The number of aromatic nitrogens is 6. The molecule has 9 heteroatoms. The number of anilines is 3. The summed E-state index contributed by atoms with van der Waals surface area (Å²) in [6.07, 6.45) is 3.33. The molecule has 1 saturated carbocycles. The lowest BCUT2D eigenvalue weighted by molar-refractivity contribution is 0.466. The maximum atomic E-state index is 13.2. The number of alkyl halides is 1. The molecule has 4 aromatic rings. The summed E-state index contributed by atoms with van der Waals surface area (Å²) >= 11 is 0. The van der Waals surface area contributed by atoms with E-state index in [1.165, 1.54) is 0 Å². The number of aromatic amines is 2. The van der Waals surface area contributed by atoms with Gasteiger partial charge in [-0.2, -0.15) is 10.1 Å². The molecular weight excluding hydrogens is 359 g/mol. The zero-order chi connectivity index (χ0) is 19.1. The number of hydrogen-bond donors (Lipinski definition) is 4. The second kappa shape index (κ2) is 6.59. The van der Waals surface area contributed by atoms with Gasteiger partial charge in [-0.15, -0.1) is 0 Å². The molecule has 4 N–H and O–H groups in total. The number of hydrogen-bond acceptors (Lipinski definition) is 6. The van der Waals surface area contributed by atoms with Gasteiger partial charge in [0.25, 0.3) is 0 Å². The Balaban J connectivity index is 1.29. The van der Waals surface area contributed by atoms with E-state index in [9.17, 15) is 4.39 Å². The number of fused-ring (bicyclic) bond motifs is 1. The van der Waals surface area contributed by atoms with Crippen LogP contribution in [-0.2, 0) is 0 Å². The number of nitrogens with zero attached hydrogens (tertiary/aromatic N) is 4. The second-order valence-electron chi connectivity index (χ2n) is 6.97. The molecule has 5 rings (SSSR count). The number of nitrogens with one attached hydrogen (secondary N) is 4. The van der Waals surface area contributed by atoms with Gasteiger partial charge < -0.3 is 15.6 Å². The quantitative estimate of drug-likeness (QED) is 0.406. The molecule has 4 heterocycles. The van der Waals surface area contributed by atoms with Crippen molar-refractivity contribution in [3.63, 3.8) is 0 Å². The van der Waals surface area contributed by atoms with Crippen LogP contribution in [0.5, 0.6) is 0 Å². The Hall–Kier alpha value is -3.49. The first-order valence-corrected chi connectivity index (χ1v) is 9.16. The Labute approximate surface area is 160 Å². The second-order valence-corrected chi connectivity index (χ2v) is 6.97. The zero-order valence-electron chi connectivity index (χ0n) is 15.1. The van der Waals surface area contributed by atoms with Crippen molar-refractivity contribution in [2.75, 3.05) is 10.6 Å². The fraction of sp³-hybridized carbons (Fsp3) is 0.263. The van der Waals surface area contributed by atoms with Crippen molar-refractivity contribution in [1.29, 1.82) is 0 Å². The Bertz CT molecular complexity index is 1120. The monoisotopic (exact) mass is 378 g/mol. The SMILES string of the molecule is CC(Nc1nccc(Nc2cc(C3CC3F)[nH]n2)n1)c1ccc2[nH]ccc2n1. The minimum atomic E-state index is -0.760. The van der Waals surface area contributed by atoms with Crippen molar-refractivity contribution < 1.29 is 4.39 Å². The molecule has 1 aliphatic rings. The smallest absolute Gasteiger partial charge is 0.225 e. The van der Waals surface area contributed by atoms with Crippen LogP contribution in [0.15, 0.2) is 42.7 Å². The topological polar surface area (TPSA) is 107 Å². The molecule has 0 bridgehead atoms. The number of H-pyrrole nitrogens is 2. The molecule has 28 heavy (non-hydrogen) atoms. The van der Waals surface area contributed by atoms with Crippen LogP contribution in [0.1, 0.15) is 36.7 Å². The van der Waals surface area contributed by atoms with Crippen molar-refractivity contribution in [2.24, 2.45) is 0 Å². The van der Waals surface area contributed by atoms with Gasteiger partial charge in [-0.1, -0.05) is 0 Å². The first kappa shape index (κ1) is 16.7. The minimum absolute atomic E-state index is 0.0589. The van der Waals surface area contributed by atoms with E-state index in [4.69, 9.17) is 0 Å². The van der Waals surface area contributed by atoms with Crippen LogP contribution >= 0.6 is 0 Å². The normalized spacial score (nSPS) is 19.5. The first-order chi connectivity index (χ1) is 13.7. The minimum Gasteiger partial charge on any atom is -0.360 e. The van der Waals surface area contributed by atoms with E-state index in [2.05, 4.69) is 40.8 Å². The summed E-state index contributed by atoms with van der Waals surface area (Å²) in [5, 5.41) is 13.4. The molecule has 0 spiro atoms. The van der Waals surface area contributed by atoms with Crippen LogP contribution in [0.2, 0.25) is 0 Å². The molecule has 8 nitrogen and oxygen atoms in total. The van der Waals surface area contributed by atoms with Crippen LogP contribution in [0.4, 0.5) is 22.0 Å². The summed E-state index contributed by atoms with van der Waals surface area (Å²) in [7, 11) is 0. The van der Waals surface area contributed by atoms with Gasteiger partial charge >= 0.3 is 0 Å². The average Bonchev–Trinajstić information content (AvgIpc) is 3.09. The van der Waals surface area contributed by atoms with E-state index < -0.39 is 6.17 Å². The maximum absolute atomic E-state index is 13.2. The summed E-state index contributed by atoms with van der Waals surface area (Å²) in [5.74, 6) is 1.63. The molecule has 0 saturated heterocycles. The Kier molecular flexibility index (Phi) is 3.92. The Morgan fingerprint density at radius 3 is 2.93 bits per heavy atom. The predicted molar refractivity (Wildman–Crippen MR) is 104 cm³/mol. The molecular formula is C19H19FN8. The van der Waals surface area contributed by atoms with Crippen LogP contribution in [-0.4, -0.2) is 36.3 Å². The van der Waals surface area contributed by atoms with Crippen molar-refractivity contribution >= 4 is 28.6 Å². The van der Waals surface area contributed by atoms with Crippen molar-refractivity contribution in [3.05, 3.63) is 54.1 Å². The zero-order valence-corrected chi connectivity index (χ0v) is 15.1. The van der Waals surface area contributed by atoms with Gasteiger partial charge in [-0.05, 0) is 37.6 Å². The molecule has 0 radical (unpaired) electrons. The van der Waals surface area contributed by atoms with Crippen LogP contribution in [0.3, 0.4) is 0 Å². The standard InChI is InChI=1S/C19H19FN8/c1-10(13-2-3-14-15(24-13)4-6-21-14)23-19-22-7-5-17(26-19)25-18-9-16(27-28-18)11-8-12(11)20/h2-7,9-12,21H,8H2,1H3,(H3,22,23,25,26,27,28). The van der Waals surface area contributed by atoms with Gasteiger partial charge in [-0.25, -0.2) is 14.4 Å². The predicted octanol–water partition coefficient (Wildman–Crippen LogP) is 3.82. The van der Waals surface area contributed by atoms with Gasteiger partial charge in [0.2, 0.25) is 5.95 Å². The molecule has 1 fully saturated rings. The fourth-order valence-corrected chi connectivity index (χ4v) is 3.16. The molecule has 3 atom stereocenters. The Morgan fingerprint density at radius 1 is 1.18 bits per heavy atom. The third-order valence-electron chi connectivity index (χ3n) is 4.84. The summed E-state index contributed by atoms with van der Waals surface area (Å²) in [4.78, 5) is 16.5. The lowest BCUT2D eigenvalue weighted by Crippen LogP contribution is -2.11. The molecule has 142 valence electrons. The number of rotatable bonds is 6. The van der Waals surface area contributed by atoms with Gasteiger partial charge in [0.15, 0.2) is 5.82 Å². The number of halogens is 1. The molecule has 0 amide bonds. The van der Waals surface area contributed by atoms with Crippen molar-refractivity contribution in [1.82, 2.24) is 30.1 Å². The highest BCUT2D eigenvalue weighted by atomic mass is 19.1. The first-order valence-electron chi connectivity index (χ1n) is 9.16. The average molecular weight is 378 g/mol. The third-order valence-corrected chi connectivity index (χ3v) is 4.84. The van der Waals surface area contributed by atoms with E-state index in [1.807, 2.05) is 37.4 Å². The lowest BCUT2D eigenvalue weighted by atomic mass is 10.2. The van der Waals surface area contributed by atoms with E-state index in [0.717, 1.165) is 22.4 Å². The highest BCUT2D eigenvalue weighted by Crippen LogP contribution is 2.43. The van der Waals surface area contributed by atoms with Gasteiger partial charge in [0.1, 0.15) is 12.0 Å². The molecule has 0 aliphatic heterocycles. The maximum Gasteiger partial charge on any atom is 0.225 e. The lowest BCUT2D eigenvalue weighted by Gasteiger charge is -2.14. The van der Waals surface area contributed by atoms with Crippen LogP contribution in [0, 0.1) is 0 Å². The summed E-state index contributed by atoms with van der Waals surface area (Å²) in [5.41, 5.74) is 3.63. The third kappa shape index (κ3) is 3.26. The summed E-state index contributed by atoms with van der Waals surface area (Å²) < 4.78 is 13.2. The van der Waals surface area contributed by atoms with Gasteiger partial charge in [0.05, 0.1) is 22.8 Å². The van der Waals surface area contributed by atoms with E-state index in [1.54, 1.807) is 12.3 Å². The van der Waals surface area contributed by atoms with E-state index in [-0.39, 0.29) is 12.0 Å². The van der Waals surface area contributed by atoms with Crippen LogP contribution in [0.25, 0.3) is 11.0 Å². The van der Waals surface area contributed by atoms with Crippen molar-refractivity contribution in [3.8, 4) is 0 Å². The van der Waals surface area contributed by atoms with Crippen LogP contribution < -0.4 is 10.6 Å². The largest absolute Gasteiger partial charge is 0.360 e. The summed E-state index contributed by atoms with van der Waals surface area (Å²) in [6, 6.07) is 9.42. The highest BCUT2D eigenvalue weighted by molar-refractivity contribution is 5.74.